The van der Waals surface area contributed by atoms with Gasteiger partial charge in [-0.05, 0) is 12.1 Å². The molecule has 0 radical (unpaired) electrons. The molecule has 2 heterocycles. The minimum atomic E-state index is -3.69. The number of esters is 1. The molecule has 0 atom stereocenters. The van der Waals surface area contributed by atoms with Crippen molar-refractivity contribution in [3.63, 3.8) is 0 Å². The number of hydrogen-bond donors (Lipinski definition) is 0. The first kappa shape index (κ1) is 11.8. The number of hydrogen-bond acceptors (Lipinski definition) is 6. The Bertz CT molecular complexity index is 620. The summed E-state index contributed by atoms with van der Waals surface area (Å²) in [4.78, 5) is 11.7. The standard InChI is InChI=1S/C8H5ClO4S3/c1-13-7(10)5-2-4-3-6(16(9,11)12)15-8(4)14-5/h2-3H,1H3. The quantitative estimate of drug-likeness (QED) is 0.631. The van der Waals surface area contributed by atoms with Gasteiger partial charge in [0, 0.05) is 16.1 Å². The Kier molecular flexibility index (Phi) is 2.95. The van der Waals surface area contributed by atoms with Gasteiger partial charge in [-0.2, -0.15) is 0 Å². The second kappa shape index (κ2) is 3.99. The summed E-state index contributed by atoms with van der Waals surface area (Å²) in [6.45, 7) is 0. The van der Waals surface area contributed by atoms with Gasteiger partial charge in [0.05, 0.1) is 11.1 Å². The lowest BCUT2D eigenvalue weighted by atomic mass is 10.4. The monoisotopic (exact) mass is 296 g/mol. The number of fused-ring (bicyclic) bond motifs is 1. The van der Waals surface area contributed by atoms with E-state index in [2.05, 4.69) is 4.74 Å². The van der Waals surface area contributed by atoms with Crippen LogP contribution in [0.25, 0.3) is 9.40 Å². The highest BCUT2D eigenvalue weighted by Crippen LogP contribution is 2.36. The molecule has 8 heteroatoms. The third kappa shape index (κ3) is 2.08. The predicted molar refractivity (Wildman–Crippen MR) is 64.1 cm³/mol. The van der Waals surface area contributed by atoms with Crippen molar-refractivity contribution in [3.8, 4) is 0 Å². The van der Waals surface area contributed by atoms with Gasteiger partial charge in [0.1, 0.15) is 9.09 Å². The third-order valence-corrected chi connectivity index (χ3v) is 6.26. The molecule has 86 valence electrons. The highest BCUT2D eigenvalue weighted by molar-refractivity contribution is 8.15. The molecule has 4 nitrogen and oxygen atoms in total. The molecule has 0 aliphatic rings. The molecular weight excluding hydrogens is 292 g/mol. The second-order valence-electron chi connectivity index (χ2n) is 2.85. The summed E-state index contributed by atoms with van der Waals surface area (Å²) in [6, 6.07) is 3.04. The van der Waals surface area contributed by atoms with Crippen LogP contribution in [0.4, 0.5) is 0 Å². The Morgan fingerprint density at radius 1 is 1.38 bits per heavy atom. The van der Waals surface area contributed by atoms with Crippen LogP contribution < -0.4 is 0 Å². The van der Waals surface area contributed by atoms with Gasteiger partial charge in [0.15, 0.2) is 0 Å². The van der Waals surface area contributed by atoms with Crippen molar-refractivity contribution in [3.05, 3.63) is 17.0 Å². The summed E-state index contributed by atoms with van der Waals surface area (Å²) < 4.78 is 27.5. The highest BCUT2D eigenvalue weighted by Gasteiger charge is 2.18. The Hall–Kier alpha value is -0.630. The van der Waals surface area contributed by atoms with Crippen LogP contribution in [0.5, 0.6) is 0 Å². The molecule has 0 saturated heterocycles. The van der Waals surface area contributed by atoms with Gasteiger partial charge < -0.3 is 4.74 Å². The van der Waals surface area contributed by atoms with Crippen molar-refractivity contribution in [1.29, 1.82) is 0 Å². The van der Waals surface area contributed by atoms with Crippen molar-refractivity contribution in [1.82, 2.24) is 0 Å². The lowest BCUT2D eigenvalue weighted by Gasteiger charge is -1.91. The molecule has 0 bridgehead atoms. The first-order chi connectivity index (χ1) is 7.41. The zero-order chi connectivity index (χ0) is 11.9. The van der Waals surface area contributed by atoms with Gasteiger partial charge in [-0.3, -0.25) is 0 Å². The van der Waals surface area contributed by atoms with Crippen LogP contribution in [0.3, 0.4) is 0 Å². The molecule has 0 unspecified atom stereocenters. The van der Waals surface area contributed by atoms with Crippen molar-refractivity contribution in [2.24, 2.45) is 0 Å². The van der Waals surface area contributed by atoms with Crippen LogP contribution in [-0.4, -0.2) is 21.5 Å². The SMILES string of the molecule is COC(=O)c1cc2cc(S(=O)(=O)Cl)sc2s1. The summed E-state index contributed by atoms with van der Waals surface area (Å²) in [5, 5.41) is 0.689. The van der Waals surface area contributed by atoms with E-state index in [1.54, 1.807) is 6.07 Å². The average Bonchev–Trinajstić information content (AvgIpc) is 2.71. The van der Waals surface area contributed by atoms with Gasteiger partial charge in [-0.15, -0.1) is 22.7 Å². The zero-order valence-corrected chi connectivity index (χ0v) is 11.1. The number of carbonyl (C=O) groups is 1. The average molecular weight is 297 g/mol. The lowest BCUT2D eigenvalue weighted by Crippen LogP contribution is -1.96. The minimum absolute atomic E-state index is 0.0897. The Labute approximate surface area is 104 Å². The van der Waals surface area contributed by atoms with E-state index in [9.17, 15) is 13.2 Å². The molecule has 0 aliphatic heterocycles. The van der Waals surface area contributed by atoms with Crippen LogP contribution in [0.1, 0.15) is 9.67 Å². The van der Waals surface area contributed by atoms with E-state index in [4.69, 9.17) is 10.7 Å². The maximum atomic E-state index is 11.2. The molecule has 0 N–H and O–H groups in total. The van der Waals surface area contributed by atoms with Gasteiger partial charge in [0.2, 0.25) is 0 Å². The summed E-state index contributed by atoms with van der Waals surface area (Å²) in [5.41, 5.74) is 0. The van der Waals surface area contributed by atoms with E-state index in [0.717, 1.165) is 15.4 Å². The molecule has 0 amide bonds. The van der Waals surface area contributed by atoms with E-state index >= 15 is 0 Å². The Balaban J connectivity index is 2.53. The molecule has 0 fully saturated rings. The second-order valence-corrected chi connectivity index (χ2v) is 8.00. The number of carbonyl (C=O) groups excluding carboxylic acids is 1. The number of methoxy groups -OCH3 is 1. The molecule has 2 aromatic rings. The fourth-order valence-electron chi connectivity index (χ4n) is 1.14. The molecule has 16 heavy (non-hydrogen) atoms. The minimum Gasteiger partial charge on any atom is -0.465 e. The Morgan fingerprint density at radius 2 is 2.06 bits per heavy atom. The van der Waals surface area contributed by atoms with E-state index in [1.807, 2.05) is 0 Å². The van der Waals surface area contributed by atoms with Gasteiger partial charge in [-0.25, -0.2) is 13.2 Å². The first-order valence-electron chi connectivity index (χ1n) is 3.98. The number of halogens is 1. The van der Waals surface area contributed by atoms with E-state index in [0.29, 0.717) is 10.3 Å². The van der Waals surface area contributed by atoms with Crippen molar-refractivity contribution in [2.75, 3.05) is 7.11 Å². The van der Waals surface area contributed by atoms with E-state index in [1.165, 1.54) is 24.5 Å². The van der Waals surface area contributed by atoms with E-state index in [-0.39, 0.29) is 4.21 Å². The van der Waals surface area contributed by atoms with Crippen molar-refractivity contribution >= 4 is 57.8 Å². The number of rotatable bonds is 2. The fraction of sp³-hybridized carbons (Fsp3) is 0.125. The first-order valence-corrected chi connectivity index (χ1v) is 7.92. The zero-order valence-electron chi connectivity index (χ0n) is 7.89. The van der Waals surface area contributed by atoms with Crippen LogP contribution in [0, 0.1) is 0 Å². The lowest BCUT2D eigenvalue weighted by molar-refractivity contribution is 0.0606. The van der Waals surface area contributed by atoms with Crippen molar-refractivity contribution < 1.29 is 17.9 Å². The summed E-state index contributed by atoms with van der Waals surface area (Å²) >= 11 is 2.23. The van der Waals surface area contributed by atoms with Crippen molar-refractivity contribution in [2.45, 2.75) is 4.21 Å². The molecule has 0 aliphatic carbocycles. The van der Waals surface area contributed by atoms with Crippen LogP contribution in [-0.2, 0) is 13.8 Å². The summed E-state index contributed by atoms with van der Waals surface area (Å²) in [6.07, 6.45) is 0. The van der Waals surface area contributed by atoms with E-state index < -0.39 is 15.0 Å². The normalized spacial score (nSPS) is 11.9. The topological polar surface area (TPSA) is 60.4 Å². The maximum absolute atomic E-state index is 11.2. The molecule has 0 spiro atoms. The maximum Gasteiger partial charge on any atom is 0.348 e. The molecular formula is C8H5ClO4S3. The molecule has 0 aromatic carbocycles. The molecule has 2 rings (SSSR count). The van der Waals surface area contributed by atoms with Gasteiger partial charge >= 0.3 is 5.97 Å². The van der Waals surface area contributed by atoms with Crippen LogP contribution >= 0.6 is 33.4 Å². The summed E-state index contributed by atoms with van der Waals surface area (Å²) in [5.74, 6) is -0.427. The fourth-order valence-corrected chi connectivity index (χ4v) is 4.73. The van der Waals surface area contributed by atoms with Crippen LogP contribution in [0.2, 0.25) is 0 Å². The Morgan fingerprint density at radius 3 is 2.56 bits per heavy atom. The molecule has 0 saturated carbocycles. The predicted octanol–water partition coefficient (Wildman–Crippen LogP) is 2.68. The number of ether oxygens (including phenoxy) is 1. The molecule has 2 aromatic heterocycles. The smallest absolute Gasteiger partial charge is 0.348 e. The highest BCUT2D eigenvalue weighted by atomic mass is 35.7. The summed E-state index contributed by atoms with van der Waals surface area (Å²) in [7, 11) is 2.82. The van der Waals surface area contributed by atoms with Gasteiger partial charge in [0.25, 0.3) is 9.05 Å². The third-order valence-electron chi connectivity index (χ3n) is 1.82. The van der Waals surface area contributed by atoms with Crippen LogP contribution in [0.15, 0.2) is 16.3 Å². The largest absolute Gasteiger partial charge is 0.465 e. The van der Waals surface area contributed by atoms with Gasteiger partial charge in [-0.1, -0.05) is 0 Å². The number of thiophene rings is 2.